The van der Waals surface area contributed by atoms with E-state index >= 15 is 0 Å². The molecule has 0 aromatic heterocycles. The summed E-state index contributed by atoms with van der Waals surface area (Å²) < 4.78 is 37.4. The van der Waals surface area contributed by atoms with Gasteiger partial charge in [0, 0.05) is 6.54 Å². The van der Waals surface area contributed by atoms with Gasteiger partial charge in [-0.3, -0.25) is 4.79 Å². The standard InChI is InChI=1S/C23H28N2O5S/c1-5-15-30-20-12-9-18(16-21(20)29-4)13-14-24-23(26)22(25-31(27,28)6-2)19-10-7-17(3)8-11-19/h1,7-12,16,22,25H,6,13-15H2,2-4H3,(H,24,26). The minimum absolute atomic E-state index is 0.115. The van der Waals surface area contributed by atoms with Gasteiger partial charge in [0.25, 0.3) is 0 Å². The highest BCUT2D eigenvalue weighted by Crippen LogP contribution is 2.28. The Hall–Kier alpha value is -3.02. The van der Waals surface area contributed by atoms with E-state index in [4.69, 9.17) is 15.9 Å². The predicted octanol–water partition coefficient (Wildman–Crippen LogP) is 2.35. The number of carbonyl (C=O) groups is 1. The van der Waals surface area contributed by atoms with Crippen LogP contribution in [0.15, 0.2) is 42.5 Å². The number of sulfonamides is 1. The summed E-state index contributed by atoms with van der Waals surface area (Å²) >= 11 is 0. The van der Waals surface area contributed by atoms with E-state index in [-0.39, 0.29) is 12.4 Å². The fraction of sp³-hybridized carbons (Fsp3) is 0.348. The molecule has 0 fully saturated rings. The van der Waals surface area contributed by atoms with E-state index in [1.54, 1.807) is 18.2 Å². The zero-order chi connectivity index (χ0) is 22.9. The molecule has 0 bridgehead atoms. The molecule has 0 spiro atoms. The number of aryl methyl sites for hydroxylation is 1. The molecular formula is C23H28N2O5S. The fourth-order valence-electron chi connectivity index (χ4n) is 2.83. The molecular weight excluding hydrogens is 416 g/mol. The van der Waals surface area contributed by atoms with Crippen molar-refractivity contribution in [1.29, 1.82) is 0 Å². The number of benzene rings is 2. The first-order valence-electron chi connectivity index (χ1n) is 9.87. The fourth-order valence-corrected chi connectivity index (χ4v) is 3.60. The molecule has 7 nitrogen and oxygen atoms in total. The van der Waals surface area contributed by atoms with Crippen LogP contribution in [0.25, 0.3) is 0 Å². The normalized spacial score (nSPS) is 11.9. The van der Waals surface area contributed by atoms with Crippen molar-refractivity contribution in [2.24, 2.45) is 0 Å². The molecule has 0 radical (unpaired) electrons. The molecule has 8 heteroatoms. The van der Waals surface area contributed by atoms with Gasteiger partial charge in [0.1, 0.15) is 12.6 Å². The maximum absolute atomic E-state index is 12.8. The third-order valence-electron chi connectivity index (χ3n) is 4.60. The molecule has 0 saturated heterocycles. The monoisotopic (exact) mass is 444 g/mol. The average molecular weight is 445 g/mol. The predicted molar refractivity (Wildman–Crippen MR) is 121 cm³/mol. The maximum Gasteiger partial charge on any atom is 0.242 e. The van der Waals surface area contributed by atoms with Crippen LogP contribution in [0.2, 0.25) is 0 Å². The number of hydrogen-bond acceptors (Lipinski definition) is 5. The Balaban J connectivity index is 2.07. The second-order valence-electron chi connectivity index (χ2n) is 6.88. The number of carbonyl (C=O) groups excluding carboxylic acids is 1. The summed E-state index contributed by atoms with van der Waals surface area (Å²) in [6.07, 6.45) is 5.74. The number of methoxy groups -OCH3 is 1. The first-order valence-corrected chi connectivity index (χ1v) is 11.5. The van der Waals surface area contributed by atoms with Crippen molar-refractivity contribution in [2.45, 2.75) is 26.3 Å². The lowest BCUT2D eigenvalue weighted by Crippen LogP contribution is -2.41. The Morgan fingerprint density at radius 2 is 1.87 bits per heavy atom. The Morgan fingerprint density at radius 3 is 2.48 bits per heavy atom. The van der Waals surface area contributed by atoms with Crippen molar-refractivity contribution >= 4 is 15.9 Å². The molecule has 1 amide bonds. The Morgan fingerprint density at radius 1 is 1.16 bits per heavy atom. The van der Waals surface area contributed by atoms with Gasteiger partial charge in [-0.1, -0.05) is 41.8 Å². The highest BCUT2D eigenvalue weighted by molar-refractivity contribution is 7.89. The van der Waals surface area contributed by atoms with E-state index in [1.807, 2.05) is 31.2 Å². The summed E-state index contributed by atoms with van der Waals surface area (Å²) in [5.41, 5.74) is 2.52. The van der Waals surface area contributed by atoms with Gasteiger partial charge < -0.3 is 14.8 Å². The van der Waals surface area contributed by atoms with Crippen LogP contribution in [-0.4, -0.2) is 40.3 Å². The van der Waals surface area contributed by atoms with Gasteiger partial charge >= 0.3 is 0 Å². The quantitative estimate of drug-likeness (QED) is 0.519. The van der Waals surface area contributed by atoms with Crippen molar-refractivity contribution in [3.63, 3.8) is 0 Å². The van der Waals surface area contributed by atoms with Crippen LogP contribution in [-0.2, 0) is 21.2 Å². The van der Waals surface area contributed by atoms with E-state index < -0.39 is 22.0 Å². The van der Waals surface area contributed by atoms with E-state index in [0.717, 1.165) is 11.1 Å². The van der Waals surface area contributed by atoms with Crippen LogP contribution >= 0.6 is 0 Å². The Labute approximate surface area is 184 Å². The molecule has 0 aliphatic rings. The molecule has 1 unspecified atom stereocenters. The number of rotatable bonds is 11. The van der Waals surface area contributed by atoms with Crippen LogP contribution in [0, 0.1) is 19.3 Å². The molecule has 0 saturated carbocycles. The van der Waals surface area contributed by atoms with Crippen molar-refractivity contribution < 1.29 is 22.7 Å². The van der Waals surface area contributed by atoms with E-state index in [2.05, 4.69) is 16.0 Å². The number of terminal acetylenes is 1. The first-order chi connectivity index (χ1) is 14.8. The van der Waals surface area contributed by atoms with Crippen LogP contribution in [0.3, 0.4) is 0 Å². The van der Waals surface area contributed by atoms with E-state index in [9.17, 15) is 13.2 Å². The minimum Gasteiger partial charge on any atom is -0.493 e. The Kier molecular flexibility index (Phi) is 8.91. The Bertz CT molecular complexity index is 1030. The molecule has 0 heterocycles. The largest absolute Gasteiger partial charge is 0.493 e. The second-order valence-corrected chi connectivity index (χ2v) is 8.93. The SMILES string of the molecule is C#CCOc1ccc(CCNC(=O)C(NS(=O)(=O)CC)c2ccc(C)cc2)cc1OC. The minimum atomic E-state index is -3.58. The first kappa shape index (κ1) is 24.3. The molecule has 2 aromatic carbocycles. The lowest BCUT2D eigenvalue weighted by Gasteiger charge is -2.19. The van der Waals surface area contributed by atoms with Crippen molar-refractivity contribution in [3.8, 4) is 23.8 Å². The zero-order valence-corrected chi connectivity index (χ0v) is 18.8. The summed E-state index contributed by atoms with van der Waals surface area (Å²) in [6, 6.07) is 11.6. The van der Waals surface area contributed by atoms with Gasteiger partial charge in [0.15, 0.2) is 11.5 Å². The van der Waals surface area contributed by atoms with Crippen molar-refractivity contribution in [1.82, 2.24) is 10.0 Å². The third-order valence-corrected chi connectivity index (χ3v) is 5.96. The summed E-state index contributed by atoms with van der Waals surface area (Å²) in [7, 11) is -2.04. The number of amides is 1. The van der Waals surface area contributed by atoms with Crippen molar-refractivity contribution in [3.05, 3.63) is 59.2 Å². The summed E-state index contributed by atoms with van der Waals surface area (Å²) in [5, 5.41) is 2.81. The molecule has 2 N–H and O–H groups in total. The summed E-state index contributed by atoms with van der Waals surface area (Å²) in [5.74, 6) is 2.96. The number of nitrogens with one attached hydrogen (secondary N) is 2. The van der Waals surface area contributed by atoms with Gasteiger partial charge in [-0.15, -0.1) is 6.42 Å². The van der Waals surface area contributed by atoms with E-state index in [1.165, 1.54) is 14.0 Å². The van der Waals surface area contributed by atoms with Crippen LogP contribution in [0.5, 0.6) is 11.5 Å². The van der Waals surface area contributed by atoms with Crippen LogP contribution in [0.4, 0.5) is 0 Å². The average Bonchev–Trinajstić information content (AvgIpc) is 2.77. The third kappa shape index (κ3) is 7.31. The second kappa shape index (κ2) is 11.4. The van der Waals surface area contributed by atoms with Crippen LogP contribution < -0.4 is 19.5 Å². The number of ether oxygens (including phenoxy) is 2. The van der Waals surface area contributed by atoms with Crippen LogP contribution in [0.1, 0.15) is 29.7 Å². The smallest absolute Gasteiger partial charge is 0.242 e. The maximum atomic E-state index is 12.8. The summed E-state index contributed by atoms with van der Waals surface area (Å²) in [4.78, 5) is 12.8. The molecule has 166 valence electrons. The molecule has 0 aliphatic heterocycles. The topological polar surface area (TPSA) is 93.7 Å². The molecule has 0 aliphatic carbocycles. The summed E-state index contributed by atoms with van der Waals surface area (Å²) in [6.45, 7) is 3.91. The van der Waals surface area contributed by atoms with Gasteiger partial charge in [0.05, 0.1) is 12.9 Å². The number of hydrogen-bond donors (Lipinski definition) is 2. The highest BCUT2D eigenvalue weighted by atomic mass is 32.2. The molecule has 1 atom stereocenters. The lowest BCUT2D eigenvalue weighted by atomic mass is 10.1. The van der Waals surface area contributed by atoms with Gasteiger partial charge in [-0.05, 0) is 43.5 Å². The van der Waals surface area contributed by atoms with Crippen molar-refractivity contribution in [2.75, 3.05) is 26.0 Å². The molecule has 2 aromatic rings. The van der Waals surface area contributed by atoms with Gasteiger partial charge in [-0.2, -0.15) is 4.72 Å². The van der Waals surface area contributed by atoms with E-state index in [0.29, 0.717) is 30.0 Å². The lowest BCUT2D eigenvalue weighted by molar-refractivity contribution is -0.122. The van der Waals surface area contributed by atoms with Gasteiger partial charge in [-0.25, -0.2) is 8.42 Å². The highest BCUT2D eigenvalue weighted by Gasteiger charge is 2.25. The zero-order valence-electron chi connectivity index (χ0n) is 18.0. The molecule has 31 heavy (non-hydrogen) atoms. The van der Waals surface area contributed by atoms with Gasteiger partial charge in [0.2, 0.25) is 15.9 Å². The molecule has 2 rings (SSSR count).